The largest absolute Gasteiger partial charge is 0.497 e. The molecule has 2 fully saturated rings. The Balaban J connectivity index is 1.57. The van der Waals surface area contributed by atoms with Gasteiger partial charge in [0.25, 0.3) is 0 Å². The number of fused-ring (bicyclic) bond motifs is 1. The molecule has 0 radical (unpaired) electrons. The average molecular weight is 529 g/mol. The molecular weight excluding hydrogens is 493 g/mol. The molecule has 8 heteroatoms. The first-order valence-corrected chi connectivity index (χ1v) is 12.8. The minimum Gasteiger partial charge on any atom is -0.497 e. The summed E-state index contributed by atoms with van der Waals surface area (Å²) in [5.41, 5.74) is 0.509. The van der Waals surface area contributed by atoms with Gasteiger partial charge in [0, 0.05) is 43.7 Å². The van der Waals surface area contributed by atoms with Gasteiger partial charge in [-0.15, -0.1) is 6.58 Å². The highest BCUT2D eigenvalue weighted by Crippen LogP contribution is 2.50. The molecule has 1 heterocycles. The minimum absolute atomic E-state index is 0.0830. The summed E-state index contributed by atoms with van der Waals surface area (Å²) in [7, 11) is 3.37. The second-order valence-electron chi connectivity index (χ2n) is 10.2. The summed E-state index contributed by atoms with van der Waals surface area (Å²) in [5.74, 6) is 0.654. The number of benzene rings is 2. The van der Waals surface area contributed by atoms with E-state index in [1.807, 2.05) is 18.2 Å². The smallest absolute Gasteiger partial charge is 0.416 e. The van der Waals surface area contributed by atoms with Crippen LogP contribution in [0.5, 0.6) is 5.75 Å². The van der Waals surface area contributed by atoms with E-state index in [9.17, 15) is 18.0 Å². The summed E-state index contributed by atoms with van der Waals surface area (Å²) in [6.07, 6.45) is 2.39. The van der Waals surface area contributed by atoms with Crippen LogP contribution in [-0.2, 0) is 21.1 Å². The SMILES string of the molecule is C=CCN1CCC2(c3cccc(OC)c3)CC(NC(=O)/C=C/c3cccc(C(F)(F)F)c3)CC(OC)C2C1. The van der Waals surface area contributed by atoms with Crippen LogP contribution in [-0.4, -0.2) is 56.8 Å². The van der Waals surface area contributed by atoms with Gasteiger partial charge in [-0.3, -0.25) is 9.69 Å². The van der Waals surface area contributed by atoms with Crippen molar-refractivity contribution in [2.75, 3.05) is 33.9 Å². The molecule has 4 atom stereocenters. The Morgan fingerprint density at radius 2 is 2.00 bits per heavy atom. The number of halogens is 3. The molecule has 204 valence electrons. The van der Waals surface area contributed by atoms with Crippen LogP contribution >= 0.6 is 0 Å². The second-order valence-corrected chi connectivity index (χ2v) is 10.2. The number of alkyl halides is 3. The number of likely N-dealkylation sites (tertiary alicyclic amines) is 1. The van der Waals surface area contributed by atoms with Gasteiger partial charge in [0.2, 0.25) is 5.91 Å². The van der Waals surface area contributed by atoms with E-state index in [0.717, 1.165) is 50.4 Å². The van der Waals surface area contributed by atoms with Crippen LogP contribution in [0.1, 0.15) is 36.0 Å². The molecule has 2 aromatic rings. The monoisotopic (exact) mass is 528 g/mol. The predicted octanol–water partition coefficient (Wildman–Crippen LogP) is 5.47. The fraction of sp³-hybridized carbons (Fsp3) is 0.433. The van der Waals surface area contributed by atoms with Crippen molar-refractivity contribution in [3.05, 3.63) is 84.0 Å². The minimum atomic E-state index is -4.43. The molecule has 0 spiro atoms. The van der Waals surface area contributed by atoms with E-state index in [1.165, 1.54) is 23.8 Å². The molecule has 4 rings (SSSR count). The van der Waals surface area contributed by atoms with Crippen molar-refractivity contribution in [2.45, 2.75) is 43.0 Å². The van der Waals surface area contributed by atoms with Gasteiger partial charge < -0.3 is 14.8 Å². The lowest BCUT2D eigenvalue weighted by atomic mass is 9.57. The number of hydrogen-bond acceptors (Lipinski definition) is 4. The van der Waals surface area contributed by atoms with Crippen molar-refractivity contribution in [3.63, 3.8) is 0 Å². The number of ether oxygens (including phenoxy) is 2. The third-order valence-corrected chi connectivity index (χ3v) is 7.94. The Hall–Kier alpha value is -3.10. The van der Waals surface area contributed by atoms with Gasteiger partial charge >= 0.3 is 6.18 Å². The Labute approximate surface area is 222 Å². The number of nitrogens with zero attached hydrogens (tertiary/aromatic N) is 1. The van der Waals surface area contributed by atoms with Crippen LogP contribution in [0, 0.1) is 5.92 Å². The number of amides is 1. The summed E-state index contributed by atoms with van der Waals surface area (Å²) in [5, 5.41) is 3.10. The Morgan fingerprint density at radius 1 is 1.21 bits per heavy atom. The number of carbonyl (C=O) groups is 1. The first kappa shape index (κ1) is 27.9. The van der Waals surface area contributed by atoms with Gasteiger partial charge in [-0.2, -0.15) is 13.2 Å². The highest BCUT2D eigenvalue weighted by Gasteiger charge is 2.52. The molecule has 1 saturated heterocycles. The topological polar surface area (TPSA) is 50.8 Å². The summed E-state index contributed by atoms with van der Waals surface area (Å²) >= 11 is 0. The molecule has 1 aliphatic carbocycles. The third-order valence-electron chi connectivity index (χ3n) is 7.94. The van der Waals surface area contributed by atoms with Crippen LogP contribution in [0.15, 0.2) is 67.3 Å². The number of methoxy groups -OCH3 is 2. The van der Waals surface area contributed by atoms with Crippen LogP contribution < -0.4 is 10.1 Å². The van der Waals surface area contributed by atoms with Gasteiger partial charge in [0.05, 0.1) is 18.8 Å². The van der Waals surface area contributed by atoms with Crippen molar-refractivity contribution >= 4 is 12.0 Å². The zero-order valence-corrected chi connectivity index (χ0v) is 21.8. The molecule has 2 aliphatic rings. The van der Waals surface area contributed by atoms with E-state index >= 15 is 0 Å². The van der Waals surface area contributed by atoms with E-state index in [1.54, 1.807) is 20.3 Å². The summed E-state index contributed by atoms with van der Waals surface area (Å²) in [6.45, 7) is 6.46. The molecule has 0 bridgehead atoms. The van der Waals surface area contributed by atoms with Crippen molar-refractivity contribution in [1.29, 1.82) is 0 Å². The quantitative estimate of drug-likeness (QED) is 0.365. The summed E-state index contributed by atoms with van der Waals surface area (Å²) < 4.78 is 50.7. The Kier molecular flexibility index (Phi) is 8.63. The molecule has 1 amide bonds. The van der Waals surface area contributed by atoms with E-state index in [-0.39, 0.29) is 29.4 Å². The molecule has 1 N–H and O–H groups in total. The van der Waals surface area contributed by atoms with Gasteiger partial charge in [-0.25, -0.2) is 0 Å². The zero-order chi connectivity index (χ0) is 27.3. The fourth-order valence-corrected chi connectivity index (χ4v) is 6.15. The van der Waals surface area contributed by atoms with E-state index in [2.05, 4.69) is 28.9 Å². The number of hydrogen-bond donors (Lipinski definition) is 1. The third kappa shape index (κ3) is 6.13. The first-order chi connectivity index (χ1) is 18.2. The Bertz CT molecular complexity index is 1170. The molecule has 1 aliphatic heterocycles. The van der Waals surface area contributed by atoms with E-state index < -0.39 is 11.7 Å². The first-order valence-electron chi connectivity index (χ1n) is 12.8. The molecule has 2 aromatic carbocycles. The van der Waals surface area contributed by atoms with Gasteiger partial charge in [0.1, 0.15) is 5.75 Å². The maximum atomic E-state index is 13.0. The maximum absolute atomic E-state index is 13.0. The van der Waals surface area contributed by atoms with E-state index in [0.29, 0.717) is 12.0 Å². The highest BCUT2D eigenvalue weighted by molar-refractivity contribution is 5.92. The van der Waals surface area contributed by atoms with Crippen LogP contribution in [0.4, 0.5) is 13.2 Å². The molecule has 5 nitrogen and oxygen atoms in total. The van der Waals surface area contributed by atoms with Gasteiger partial charge in [0.15, 0.2) is 0 Å². The van der Waals surface area contributed by atoms with Crippen molar-refractivity contribution in [3.8, 4) is 5.75 Å². The Morgan fingerprint density at radius 3 is 2.71 bits per heavy atom. The zero-order valence-electron chi connectivity index (χ0n) is 21.8. The van der Waals surface area contributed by atoms with E-state index in [4.69, 9.17) is 9.47 Å². The average Bonchev–Trinajstić information content (AvgIpc) is 2.91. The number of piperidine rings is 1. The molecule has 0 aromatic heterocycles. The fourth-order valence-electron chi connectivity index (χ4n) is 6.15. The van der Waals surface area contributed by atoms with Crippen molar-refractivity contribution in [2.24, 2.45) is 5.92 Å². The van der Waals surface area contributed by atoms with Gasteiger partial charge in [-0.1, -0.05) is 30.3 Å². The molecule has 38 heavy (non-hydrogen) atoms. The normalized spacial score (nSPS) is 26.1. The van der Waals surface area contributed by atoms with Crippen molar-refractivity contribution in [1.82, 2.24) is 10.2 Å². The number of carbonyl (C=O) groups excluding carboxylic acids is 1. The molecule has 4 unspecified atom stereocenters. The lowest BCUT2D eigenvalue weighted by molar-refractivity contribution is -0.137. The number of rotatable bonds is 8. The number of nitrogens with one attached hydrogen (secondary N) is 1. The second kappa shape index (κ2) is 11.7. The summed E-state index contributed by atoms with van der Waals surface area (Å²) in [4.78, 5) is 15.3. The molecular formula is C30H35F3N2O3. The summed E-state index contributed by atoms with van der Waals surface area (Å²) in [6, 6.07) is 12.9. The molecule has 1 saturated carbocycles. The maximum Gasteiger partial charge on any atom is 0.416 e. The lowest BCUT2D eigenvalue weighted by Gasteiger charge is -2.55. The van der Waals surface area contributed by atoms with Crippen molar-refractivity contribution < 1.29 is 27.4 Å². The van der Waals surface area contributed by atoms with Crippen LogP contribution in [0.2, 0.25) is 0 Å². The standard InChI is InChI=1S/C30H35F3N2O3/c1-4-14-35-15-13-29(22-8-6-10-25(17-22)37-2)19-24(18-27(38-3)26(29)20-35)34-28(36)12-11-21-7-5-9-23(16-21)30(31,32)33/h4-12,16-17,24,26-27H,1,13-15,18-20H2,2-3H3,(H,34,36)/b12-11+. The predicted molar refractivity (Wildman–Crippen MR) is 142 cm³/mol. The van der Waals surface area contributed by atoms with Gasteiger partial charge in [-0.05, 0) is 67.3 Å². The lowest BCUT2D eigenvalue weighted by Crippen LogP contribution is -2.61. The van der Waals surface area contributed by atoms with Crippen LogP contribution in [0.25, 0.3) is 6.08 Å². The highest BCUT2D eigenvalue weighted by atomic mass is 19.4. The van der Waals surface area contributed by atoms with Crippen LogP contribution in [0.3, 0.4) is 0 Å².